The van der Waals surface area contributed by atoms with E-state index in [1.165, 1.54) is 0 Å². The van der Waals surface area contributed by atoms with Crippen molar-refractivity contribution in [3.8, 4) is 0 Å². The van der Waals surface area contributed by atoms with E-state index < -0.39 is 0 Å². The Labute approximate surface area is 93.4 Å². The van der Waals surface area contributed by atoms with E-state index in [0.717, 1.165) is 32.5 Å². The molecule has 0 saturated carbocycles. The summed E-state index contributed by atoms with van der Waals surface area (Å²) in [6.45, 7) is 7.10. The number of fused-ring (bicyclic) bond motifs is 1. The van der Waals surface area contributed by atoms with Crippen molar-refractivity contribution in [2.24, 2.45) is 5.92 Å². The number of piperidine rings is 2. The summed E-state index contributed by atoms with van der Waals surface area (Å²) in [5.74, 6) is 0.825. The summed E-state index contributed by atoms with van der Waals surface area (Å²) in [5, 5.41) is 0. The van der Waals surface area contributed by atoms with Crippen LogP contribution in [0.3, 0.4) is 0 Å². The number of carbonyl (C=O) groups excluding carboxylic acids is 1. The van der Waals surface area contributed by atoms with Crippen LogP contribution in [0.4, 0.5) is 0 Å². The van der Waals surface area contributed by atoms with Crippen molar-refractivity contribution in [3.05, 3.63) is 0 Å². The smallest absolute Gasteiger partial charge is 0.138 e. The Hall–Kier alpha value is -0.410. The largest absolute Gasteiger partial charge is 0.305 e. The predicted molar refractivity (Wildman–Crippen MR) is 63.0 cm³/mol. The van der Waals surface area contributed by atoms with Crippen molar-refractivity contribution in [1.82, 2.24) is 9.80 Å². The Morgan fingerprint density at radius 3 is 2.53 bits per heavy atom. The average Bonchev–Trinajstić information content (AvgIpc) is 2.27. The molecule has 0 radical (unpaired) electrons. The van der Waals surface area contributed by atoms with Gasteiger partial charge in [0.1, 0.15) is 5.78 Å². The zero-order chi connectivity index (χ0) is 11.4. The molecule has 2 rings (SSSR count). The lowest BCUT2D eigenvalue weighted by Crippen LogP contribution is -2.56. The Balaban J connectivity index is 0.000000531. The highest BCUT2D eigenvalue weighted by Gasteiger charge is 2.38. The van der Waals surface area contributed by atoms with Gasteiger partial charge in [-0.15, -0.1) is 0 Å². The molecule has 2 unspecified atom stereocenters. The van der Waals surface area contributed by atoms with Crippen molar-refractivity contribution < 1.29 is 4.79 Å². The van der Waals surface area contributed by atoms with Crippen molar-refractivity contribution >= 4 is 5.78 Å². The second-order valence-electron chi connectivity index (χ2n) is 4.42. The summed E-state index contributed by atoms with van der Waals surface area (Å²) in [7, 11) is 4.28. The first-order valence-corrected chi connectivity index (χ1v) is 6.10. The molecule has 0 aromatic rings. The Bertz CT molecular complexity index is 218. The van der Waals surface area contributed by atoms with E-state index in [-0.39, 0.29) is 0 Å². The number of likely N-dealkylation sites (N-methyl/N-ethyl adjacent to an activating group) is 2. The van der Waals surface area contributed by atoms with Crippen LogP contribution >= 0.6 is 0 Å². The maximum atomic E-state index is 11.6. The Morgan fingerprint density at radius 2 is 1.87 bits per heavy atom. The predicted octanol–water partition coefficient (Wildman–Crippen LogP) is 1.24. The summed E-state index contributed by atoms with van der Waals surface area (Å²) < 4.78 is 0. The highest BCUT2D eigenvalue weighted by molar-refractivity contribution is 5.82. The molecule has 2 aliphatic heterocycles. The minimum atomic E-state index is 0.329. The van der Waals surface area contributed by atoms with Gasteiger partial charge in [-0.1, -0.05) is 13.8 Å². The third kappa shape index (κ3) is 2.79. The maximum absolute atomic E-state index is 11.6. The molecule has 0 aliphatic carbocycles. The zero-order valence-corrected chi connectivity index (χ0v) is 10.5. The first kappa shape index (κ1) is 12.7. The number of likely N-dealkylation sites (tertiary alicyclic amines) is 2. The van der Waals surface area contributed by atoms with Gasteiger partial charge in [0.15, 0.2) is 0 Å². The molecule has 88 valence electrons. The van der Waals surface area contributed by atoms with Gasteiger partial charge in [-0.25, -0.2) is 0 Å². The normalized spacial score (nSPS) is 32.9. The fraction of sp³-hybridized carbons (Fsp3) is 0.917. The first-order chi connectivity index (χ1) is 7.18. The van der Waals surface area contributed by atoms with Gasteiger partial charge in [-0.3, -0.25) is 4.79 Å². The van der Waals surface area contributed by atoms with Crippen LogP contribution in [0.1, 0.15) is 26.7 Å². The maximum Gasteiger partial charge on any atom is 0.138 e. The average molecular weight is 212 g/mol. The topological polar surface area (TPSA) is 23.6 Å². The zero-order valence-electron chi connectivity index (χ0n) is 10.5. The fourth-order valence-electron chi connectivity index (χ4n) is 2.55. The molecule has 2 heterocycles. The SMILES string of the molecule is CC.CN1CCC2C(=O)CCN(C)C2C1. The fourth-order valence-corrected chi connectivity index (χ4v) is 2.55. The Kier molecular flexibility index (Phi) is 4.74. The Morgan fingerprint density at radius 1 is 1.20 bits per heavy atom. The van der Waals surface area contributed by atoms with E-state index in [9.17, 15) is 4.79 Å². The summed E-state index contributed by atoms with van der Waals surface area (Å²) in [6, 6.07) is 0.486. The van der Waals surface area contributed by atoms with E-state index in [4.69, 9.17) is 0 Å². The molecule has 15 heavy (non-hydrogen) atoms. The van der Waals surface area contributed by atoms with Gasteiger partial charge in [-0.05, 0) is 27.1 Å². The van der Waals surface area contributed by atoms with Gasteiger partial charge in [-0.2, -0.15) is 0 Å². The highest BCUT2D eigenvalue weighted by atomic mass is 16.1. The molecule has 0 N–H and O–H groups in total. The molecule has 2 aliphatic rings. The van der Waals surface area contributed by atoms with Gasteiger partial charge in [0, 0.05) is 31.5 Å². The highest BCUT2D eigenvalue weighted by Crippen LogP contribution is 2.26. The molecule has 0 aromatic carbocycles. The molecule has 3 heteroatoms. The van der Waals surface area contributed by atoms with Crippen LogP contribution < -0.4 is 0 Å². The van der Waals surface area contributed by atoms with E-state index in [0.29, 0.717) is 17.7 Å². The lowest BCUT2D eigenvalue weighted by atomic mass is 9.83. The van der Waals surface area contributed by atoms with Crippen LogP contribution in [0.2, 0.25) is 0 Å². The van der Waals surface area contributed by atoms with Gasteiger partial charge in [0.25, 0.3) is 0 Å². The number of rotatable bonds is 0. The van der Waals surface area contributed by atoms with E-state index in [1.54, 1.807) is 0 Å². The monoisotopic (exact) mass is 212 g/mol. The summed E-state index contributed by atoms with van der Waals surface area (Å²) in [6.07, 6.45) is 1.83. The molecule has 2 saturated heterocycles. The van der Waals surface area contributed by atoms with Gasteiger partial charge >= 0.3 is 0 Å². The molecule has 0 bridgehead atoms. The van der Waals surface area contributed by atoms with Crippen LogP contribution in [0.25, 0.3) is 0 Å². The van der Waals surface area contributed by atoms with Crippen LogP contribution in [-0.4, -0.2) is 55.4 Å². The molecular formula is C12H24N2O. The van der Waals surface area contributed by atoms with E-state index in [2.05, 4.69) is 23.9 Å². The standard InChI is InChI=1S/C10H18N2O.C2H6/c1-11-5-3-8-9(7-11)12(2)6-4-10(8)13;1-2/h8-9H,3-7H2,1-2H3;1-2H3. The molecule has 0 aromatic heterocycles. The quantitative estimate of drug-likeness (QED) is 0.603. The van der Waals surface area contributed by atoms with Gasteiger partial charge in [0.05, 0.1) is 0 Å². The van der Waals surface area contributed by atoms with Gasteiger partial charge < -0.3 is 9.80 Å². The number of hydrogen-bond donors (Lipinski definition) is 0. The number of nitrogens with zero attached hydrogens (tertiary/aromatic N) is 2. The van der Waals surface area contributed by atoms with Crippen LogP contribution in [0, 0.1) is 5.92 Å². The van der Waals surface area contributed by atoms with Crippen molar-refractivity contribution in [2.45, 2.75) is 32.7 Å². The summed E-state index contributed by atoms with van der Waals surface area (Å²) in [5.41, 5.74) is 0. The third-order valence-electron chi connectivity index (χ3n) is 3.48. The molecule has 2 atom stereocenters. The van der Waals surface area contributed by atoms with Crippen LogP contribution in [0.5, 0.6) is 0 Å². The number of Topliss-reactive ketones (excluding diaryl/α,β-unsaturated/α-hetero) is 1. The van der Waals surface area contributed by atoms with E-state index >= 15 is 0 Å². The van der Waals surface area contributed by atoms with Crippen molar-refractivity contribution in [1.29, 1.82) is 0 Å². The lowest BCUT2D eigenvalue weighted by Gasteiger charge is -2.44. The molecule has 2 fully saturated rings. The number of hydrogen-bond acceptors (Lipinski definition) is 3. The lowest BCUT2D eigenvalue weighted by molar-refractivity contribution is -0.131. The van der Waals surface area contributed by atoms with Crippen molar-refractivity contribution in [2.75, 3.05) is 33.7 Å². The van der Waals surface area contributed by atoms with Crippen LogP contribution in [-0.2, 0) is 4.79 Å². The molecular weight excluding hydrogens is 188 g/mol. The minimum Gasteiger partial charge on any atom is -0.305 e. The summed E-state index contributed by atoms with van der Waals surface area (Å²) >= 11 is 0. The van der Waals surface area contributed by atoms with E-state index in [1.807, 2.05) is 13.8 Å². The van der Waals surface area contributed by atoms with Crippen LogP contribution in [0.15, 0.2) is 0 Å². The molecule has 0 spiro atoms. The molecule has 0 amide bonds. The third-order valence-corrected chi connectivity index (χ3v) is 3.48. The first-order valence-electron chi connectivity index (χ1n) is 6.10. The number of carbonyl (C=O) groups is 1. The molecule has 3 nitrogen and oxygen atoms in total. The second-order valence-corrected chi connectivity index (χ2v) is 4.42. The van der Waals surface area contributed by atoms with Crippen molar-refractivity contribution in [3.63, 3.8) is 0 Å². The number of ketones is 1. The van der Waals surface area contributed by atoms with Gasteiger partial charge in [0.2, 0.25) is 0 Å². The second kappa shape index (κ2) is 5.61. The minimum absolute atomic E-state index is 0.329. The summed E-state index contributed by atoms with van der Waals surface area (Å²) in [4.78, 5) is 16.3.